The highest BCUT2D eigenvalue weighted by Crippen LogP contribution is 2.41. The van der Waals surface area contributed by atoms with Crippen LogP contribution in [0.4, 0.5) is 4.79 Å². The number of nitrogens with one attached hydrogen (secondary N) is 1. The lowest BCUT2D eigenvalue weighted by atomic mass is 9.71. The van der Waals surface area contributed by atoms with E-state index < -0.39 is 5.60 Å². The standard InChI is InChI=1S/C29H39Cl2N3O2/c1-27(2,3)32-26(35)34-16-7-12-28(21-34,23-10-11-24(30)25(31)20-23)13-17-33-18-14-29(36,15-19-33)22-8-5-4-6-9-22/h4-6,8-11,20,36H,7,12-19,21H2,1-3H3,(H,32,35). The fraction of sp³-hybridized carbons (Fsp3) is 0.552. The van der Waals surface area contributed by atoms with Gasteiger partial charge in [-0.3, -0.25) is 0 Å². The molecular formula is C29H39Cl2N3O2. The van der Waals surface area contributed by atoms with Gasteiger partial charge in [-0.15, -0.1) is 0 Å². The number of carbonyl (C=O) groups excluding carboxylic acids is 1. The van der Waals surface area contributed by atoms with Gasteiger partial charge in [0.2, 0.25) is 0 Å². The minimum atomic E-state index is -0.758. The topological polar surface area (TPSA) is 55.8 Å². The van der Waals surface area contributed by atoms with Gasteiger partial charge in [0.25, 0.3) is 0 Å². The van der Waals surface area contributed by atoms with Crippen LogP contribution in [0.2, 0.25) is 10.0 Å². The number of aliphatic hydroxyl groups is 1. The number of likely N-dealkylation sites (tertiary alicyclic amines) is 2. The van der Waals surface area contributed by atoms with Crippen LogP contribution in [0.1, 0.15) is 64.0 Å². The summed E-state index contributed by atoms with van der Waals surface area (Å²) in [4.78, 5) is 17.5. The van der Waals surface area contributed by atoms with Crippen molar-refractivity contribution < 1.29 is 9.90 Å². The molecule has 0 aliphatic carbocycles. The van der Waals surface area contributed by atoms with Crippen LogP contribution in [0.5, 0.6) is 0 Å². The lowest BCUT2D eigenvalue weighted by Crippen LogP contribution is -2.55. The highest BCUT2D eigenvalue weighted by molar-refractivity contribution is 6.42. The maximum Gasteiger partial charge on any atom is 0.317 e. The summed E-state index contributed by atoms with van der Waals surface area (Å²) in [5.41, 5.74) is 0.901. The van der Waals surface area contributed by atoms with Gasteiger partial charge in [0, 0.05) is 37.1 Å². The fourth-order valence-electron chi connectivity index (χ4n) is 5.67. The monoisotopic (exact) mass is 531 g/mol. The molecule has 0 saturated carbocycles. The second kappa shape index (κ2) is 10.9. The predicted octanol–water partition coefficient (Wildman–Crippen LogP) is 6.21. The third-order valence-corrected chi connectivity index (χ3v) is 8.52. The molecule has 2 aliphatic rings. The van der Waals surface area contributed by atoms with E-state index in [0.717, 1.165) is 69.4 Å². The molecular weight excluding hydrogens is 493 g/mol. The molecule has 0 bridgehead atoms. The van der Waals surface area contributed by atoms with E-state index in [1.54, 1.807) is 0 Å². The van der Waals surface area contributed by atoms with Gasteiger partial charge < -0.3 is 20.2 Å². The van der Waals surface area contributed by atoms with Crippen LogP contribution in [-0.2, 0) is 11.0 Å². The lowest BCUT2D eigenvalue weighted by Gasteiger charge is -2.46. The molecule has 0 radical (unpaired) electrons. The van der Waals surface area contributed by atoms with E-state index in [4.69, 9.17) is 23.2 Å². The Balaban J connectivity index is 1.49. The van der Waals surface area contributed by atoms with Crippen LogP contribution in [0, 0.1) is 0 Å². The van der Waals surface area contributed by atoms with E-state index in [9.17, 15) is 9.90 Å². The van der Waals surface area contributed by atoms with E-state index in [0.29, 0.717) is 16.6 Å². The van der Waals surface area contributed by atoms with Crippen LogP contribution >= 0.6 is 23.2 Å². The van der Waals surface area contributed by atoms with Gasteiger partial charge in [-0.05, 0) is 82.7 Å². The summed E-state index contributed by atoms with van der Waals surface area (Å²) in [6.45, 7) is 10.0. The Bertz CT molecular complexity index is 1050. The summed E-state index contributed by atoms with van der Waals surface area (Å²) < 4.78 is 0. The van der Waals surface area contributed by atoms with E-state index in [-0.39, 0.29) is 17.0 Å². The van der Waals surface area contributed by atoms with Crippen molar-refractivity contribution in [3.8, 4) is 0 Å². The molecule has 1 atom stereocenters. The first kappa shape index (κ1) is 27.3. The van der Waals surface area contributed by atoms with Crippen LogP contribution in [0.3, 0.4) is 0 Å². The number of rotatable bonds is 5. The van der Waals surface area contributed by atoms with Crippen LogP contribution < -0.4 is 5.32 Å². The number of urea groups is 1. The Morgan fingerprint density at radius 1 is 0.972 bits per heavy atom. The van der Waals surface area contributed by atoms with Crippen molar-refractivity contribution in [2.75, 3.05) is 32.7 Å². The molecule has 0 aromatic heterocycles. The summed E-state index contributed by atoms with van der Waals surface area (Å²) in [5.74, 6) is 0. The molecule has 2 fully saturated rings. The molecule has 36 heavy (non-hydrogen) atoms. The zero-order valence-electron chi connectivity index (χ0n) is 21.7. The lowest BCUT2D eigenvalue weighted by molar-refractivity contribution is -0.0278. The second-order valence-corrected chi connectivity index (χ2v) is 12.4. The number of hydrogen-bond donors (Lipinski definition) is 2. The number of benzene rings is 2. The van der Waals surface area contributed by atoms with Crippen molar-refractivity contribution >= 4 is 29.2 Å². The Morgan fingerprint density at radius 2 is 1.67 bits per heavy atom. The number of hydrogen-bond acceptors (Lipinski definition) is 3. The van der Waals surface area contributed by atoms with Gasteiger partial charge in [0.05, 0.1) is 15.6 Å². The Kier molecular flexibility index (Phi) is 8.25. The summed E-state index contributed by atoms with van der Waals surface area (Å²) in [6, 6.07) is 15.9. The van der Waals surface area contributed by atoms with Crippen LogP contribution in [-0.4, -0.2) is 59.2 Å². The van der Waals surface area contributed by atoms with Crippen molar-refractivity contribution in [2.24, 2.45) is 0 Å². The van der Waals surface area contributed by atoms with E-state index >= 15 is 0 Å². The van der Waals surface area contributed by atoms with Gasteiger partial charge in [-0.2, -0.15) is 0 Å². The first-order valence-electron chi connectivity index (χ1n) is 13.0. The van der Waals surface area contributed by atoms with Gasteiger partial charge in [0.15, 0.2) is 0 Å². The molecule has 1 unspecified atom stereocenters. The summed E-state index contributed by atoms with van der Waals surface area (Å²) >= 11 is 12.7. The molecule has 2 aromatic carbocycles. The molecule has 2 amide bonds. The second-order valence-electron chi connectivity index (χ2n) is 11.6. The number of carbonyl (C=O) groups is 1. The van der Waals surface area contributed by atoms with Gasteiger partial charge >= 0.3 is 6.03 Å². The summed E-state index contributed by atoms with van der Waals surface area (Å²) in [6.07, 6.45) is 4.28. The maximum absolute atomic E-state index is 13.1. The highest BCUT2D eigenvalue weighted by atomic mass is 35.5. The minimum Gasteiger partial charge on any atom is -0.385 e. The zero-order valence-corrected chi connectivity index (χ0v) is 23.2. The van der Waals surface area contributed by atoms with E-state index in [1.165, 1.54) is 0 Å². The summed E-state index contributed by atoms with van der Waals surface area (Å²) in [7, 11) is 0. The molecule has 2 saturated heterocycles. The van der Waals surface area contributed by atoms with Crippen molar-refractivity contribution in [3.63, 3.8) is 0 Å². The van der Waals surface area contributed by atoms with Gasteiger partial charge in [-0.25, -0.2) is 4.79 Å². The van der Waals surface area contributed by atoms with Crippen LogP contribution in [0.15, 0.2) is 48.5 Å². The average molecular weight is 533 g/mol. The fourth-order valence-corrected chi connectivity index (χ4v) is 5.97. The normalized spacial score (nSPS) is 22.9. The summed E-state index contributed by atoms with van der Waals surface area (Å²) in [5, 5.41) is 15.5. The number of amides is 2. The Labute approximate surface area is 225 Å². The molecule has 4 rings (SSSR count). The van der Waals surface area contributed by atoms with E-state index in [2.05, 4.69) is 16.3 Å². The largest absolute Gasteiger partial charge is 0.385 e. The predicted molar refractivity (Wildman–Crippen MR) is 148 cm³/mol. The van der Waals surface area contributed by atoms with Crippen LogP contribution in [0.25, 0.3) is 0 Å². The molecule has 2 aliphatic heterocycles. The molecule has 196 valence electrons. The zero-order chi connectivity index (χ0) is 26.0. The third kappa shape index (κ3) is 6.36. The van der Waals surface area contributed by atoms with E-state index in [1.807, 2.05) is 68.1 Å². The van der Waals surface area contributed by atoms with Crippen molar-refractivity contribution in [3.05, 3.63) is 69.7 Å². The smallest absolute Gasteiger partial charge is 0.317 e. The highest BCUT2D eigenvalue weighted by Gasteiger charge is 2.41. The molecule has 2 N–H and O–H groups in total. The molecule has 2 aromatic rings. The van der Waals surface area contributed by atoms with Gasteiger partial charge in [0.1, 0.15) is 0 Å². The first-order chi connectivity index (χ1) is 17.0. The Hall–Kier alpha value is -1.79. The van der Waals surface area contributed by atoms with Crippen molar-refractivity contribution in [1.29, 1.82) is 0 Å². The number of nitrogens with zero attached hydrogens (tertiary/aromatic N) is 2. The average Bonchev–Trinajstić information content (AvgIpc) is 2.85. The van der Waals surface area contributed by atoms with Gasteiger partial charge in [-0.1, -0.05) is 59.6 Å². The maximum atomic E-state index is 13.1. The van der Waals surface area contributed by atoms with Crippen molar-refractivity contribution in [1.82, 2.24) is 15.1 Å². The Morgan fingerprint density at radius 3 is 2.31 bits per heavy atom. The minimum absolute atomic E-state index is 0.0162. The molecule has 2 heterocycles. The third-order valence-electron chi connectivity index (χ3n) is 7.78. The van der Waals surface area contributed by atoms with Crippen molar-refractivity contribution in [2.45, 2.75) is 69.4 Å². The SMILES string of the molecule is CC(C)(C)NC(=O)N1CCCC(CCN2CCC(O)(c3ccccc3)CC2)(c2ccc(Cl)c(Cl)c2)C1. The number of halogens is 2. The molecule has 0 spiro atoms. The number of piperidine rings is 2. The quantitative estimate of drug-likeness (QED) is 0.482. The molecule has 7 heteroatoms. The molecule has 5 nitrogen and oxygen atoms in total. The first-order valence-corrected chi connectivity index (χ1v) is 13.8.